The van der Waals surface area contributed by atoms with Crippen molar-refractivity contribution < 1.29 is 5.11 Å². The van der Waals surface area contributed by atoms with E-state index in [4.69, 9.17) is 0 Å². The maximum atomic E-state index is 10.5. The molecule has 0 radical (unpaired) electrons. The van der Waals surface area contributed by atoms with Crippen LogP contribution in [0.1, 0.15) is 17.2 Å². The standard InChI is InChI=1S/C17H16N2OS/c1-21-16-9-7-13(8-10-16)17(20)14-11-18-19(12-14)15-5-3-2-4-6-15/h2-12,17,20H,1H3. The van der Waals surface area contributed by atoms with Gasteiger partial charge in [0, 0.05) is 16.7 Å². The number of aromatic nitrogens is 2. The summed E-state index contributed by atoms with van der Waals surface area (Å²) in [6.07, 6.45) is 4.95. The third-order valence-corrected chi connectivity index (χ3v) is 4.11. The molecular formula is C17H16N2OS. The maximum Gasteiger partial charge on any atom is 0.107 e. The van der Waals surface area contributed by atoms with Crippen LogP contribution in [0.2, 0.25) is 0 Å². The number of nitrogens with zero attached hydrogens (tertiary/aromatic N) is 2. The number of hydrogen-bond donors (Lipinski definition) is 1. The van der Waals surface area contributed by atoms with Crippen LogP contribution in [0.4, 0.5) is 0 Å². The van der Waals surface area contributed by atoms with Crippen LogP contribution in [-0.2, 0) is 0 Å². The van der Waals surface area contributed by atoms with Gasteiger partial charge in [-0.05, 0) is 36.1 Å². The lowest BCUT2D eigenvalue weighted by atomic mass is 10.1. The lowest BCUT2D eigenvalue weighted by Crippen LogP contribution is -1.98. The van der Waals surface area contributed by atoms with Crippen molar-refractivity contribution in [3.63, 3.8) is 0 Å². The Morgan fingerprint density at radius 1 is 1.00 bits per heavy atom. The highest BCUT2D eigenvalue weighted by molar-refractivity contribution is 7.98. The lowest BCUT2D eigenvalue weighted by molar-refractivity contribution is 0.220. The number of aliphatic hydroxyl groups excluding tert-OH is 1. The first-order valence-electron chi connectivity index (χ1n) is 6.70. The van der Waals surface area contributed by atoms with Crippen molar-refractivity contribution in [3.8, 4) is 5.69 Å². The van der Waals surface area contributed by atoms with Crippen LogP contribution < -0.4 is 0 Å². The Labute approximate surface area is 128 Å². The van der Waals surface area contributed by atoms with E-state index < -0.39 is 6.10 Å². The molecule has 1 heterocycles. The Balaban J connectivity index is 1.85. The predicted octanol–water partition coefficient (Wildman–Crippen LogP) is 3.68. The summed E-state index contributed by atoms with van der Waals surface area (Å²) in [6.45, 7) is 0. The molecule has 1 N–H and O–H groups in total. The third-order valence-electron chi connectivity index (χ3n) is 3.37. The summed E-state index contributed by atoms with van der Waals surface area (Å²) in [4.78, 5) is 1.19. The predicted molar refractivity (Wildman–Crippen MR) is 85.8 cm³/mol. The van der Waals surface area contributed by atoms with E-state index in [1.165, 1.54) is 4.90 Å². The van der Waals surface area contributed by atoms with E-state index >= 15 is 0 Å². The number of para-hydroxylation sites is 1. The Morgan fingerprint density at radius 3 is 2.38 bits per heavy atom. The van der Waals surface area contributed by atoms with Gasteiger partial charge in [-0.25, -0.2) is 4.68 Å². The second-order valence-corrected chi connectivity index (χ2v) is 5.61. The average molecular weight is 296 g/mol. The van der Waals surface area contributed by atoms with Gasteiger partial charge in [0.05, 0.1) is 11.9 Å². The van der Waals surface area contributed by atoms with Gasteiger partial charge in [0.2, 0.25) is 0 Å². The molecule has 0 amide bonds. The number of rotatable bonds is 4. The summed E-state index contributed by atoms with van der Waals surface area (Å²) in [5.74, 6) is 0. The van der Waals surface area contributed by atoms with Gasteiger partial charge in [-0.2, -0.15) is 5.10 Å². The zero-order valence-electron chi connectivity index (χ0n) is 11.7. The van der Waals surface area contributed by atoms with Crippen molar-refractivity contribution in [2.75, 3.05) is 6.26 Å². The van der Waals surface area contributed by atoms with Gasteiger partial charge >= 0.3 is 0 Å². The first kappa shape index (κ1) is 13.9. The highest BCUT2D eigenvalue weighted by Gasteiger charge is 2.13. The number of hydrogen-bond acceptors (Lipinski definition) is 3. The molecule has 0 saturated heterocycles. The molecule has 0 aliphatic carbocycles. The number of aliphatic hydroxyl groups is 1. The minimum Gasteiger partial charge on any atom is -0.384 e. The fourth-order valence-electron chi connectivity index (χ4n) is 2.18. The van der Waals surface area contributed by atoms with Crippen LogP contribution in [0.3, 0.4) is 0 Å². The summed E-state index contributed by atoms with van der Waals surface area (Å²) in [5.41, 5.74) is 2.64. The molecule has 3 nitrogen and oxygen atoms in total. The van der Waals surface area contributed by atoms with Crippen LogP contribution in [0.5, 0.6) is 0 Å². The van der Waals surface area contributed by atoms with Gasteiger partial charge in [-0.1, -0.05) is 30.3 Å². The van der Waals surface area contributed by atoms with Gasteiger partial charge in [0.25, 0.3) is 0 Å². The van der Waals surface area contributed by atoms with Crippen molar-refractivity contribution in [3.05, 3.63) is 78.1 Å². The normalized spacial score (nSPS) is 12.3. The smallest absolute Gasteiger partial charge is 0.107 e. The Kier molecular flexibility index (Phi) is 4.08. The van der Waals surface area contributed by atoms with Crippen LogP contribution >= 0.6 is 11.8 Å². The van der Waals surface area contributed by atoms with Crippen LogP contribution in [0.15, 0.2) is 71.9 Å². The van der Waals surface area contributed by atoms with Gasteiger partial charge in [0.1, 0.15) is 6.10 Å². The minimum absolute atomic E-state index is 0.654. The fourth-order valence-corrected chi connectivity index (χ4v) is 2.59. The summed E-state index contributed by atoms with van der Waals surface area (Å²) in [7, 11) is 0. The molecule has 2 aromatic carbocycles. The van der Waals surface area contributed by atoms with E-state index in [1.807, 2.05) is 67.0 Å². The second kappa shape index (κ2) is 6.16. The zero-order chi connectivity index (χ0) is 14.7. The van der Waals surface area contributed by atoms with Gasteiger partial charge in [0.15, 0.2) is 0 Å². The first-order chi connectivity index (χ1) is 10.3. The highest BCUT2D eigenvalue weighted by Crippen LogP contribution is 2.24. The van der Waals surface area contributed by atoms with E-state index in [0.29, 0.717) is 0 Å². The Hall–Kier alpha value is -2.04. The molecule has 0 aliphatic rings. The van der Waals surface area contributed by atoms with Crippen molar-refractivity contribution in [2.24, 2.45) is 0 Å². The topological polar surface area (TPSA) is 38.1 Å². The largest absolute Gasteiger partial charge is 0.384 e. The first-order valence-corrected chi connectivity index (χ1v) is 7.92. The van der Waals surface area contributed by atoms with Crippen LogP contribution in [-0.4, -0.2) is 21.1 Å². The van der Waals surface area contributed by atoms with E-state index in [2.05, 4.69) is 5.10 Å². The summed E-state index contributed by atoms with van der Waals surface area (Å²) >= 11 is 1.69. The molecule has 21 heavy (non-hydrogen) atoms. The molecule has 3 aromatic rings. The lowest BCUT2D eigenvalue weighted by Gasteiger charge is -2.09. The third kappa shape index (κ3) is 3.01. The fraction of sp³-hybridized carbons (Fsp3) is 0.118. The Bertz CT molecular complexity index is 707. The van der Waals surface area contributed by atoms with E-state index in [9.17, 15) is 5.11 Å². The summed E-state index contributed by atoms with van der Waals surface area (Å²) < 4.78 is 1.77. The number of thioether (sulfide) groups is 1. The van der Waals surface area contributed by atoms with Crippen molar-refractivity contribution >= 4 is 11.8 Å². The molecule has 1 unspecified atom stereocenters. The molecule has 1 atom stereocenters. The van der Waals surface area contributed by atoms with E-state index in [0.717, 1.165) is 16.8 Å². The molecule has 0 aliphatic heterocycles. The van der Waals surface area contributed by atoms with Crippen molar-refractivity contribution in [1.82, 2.24) is 9.78 Å². The van der Waals surface area contributed by atoms with E-state index in [-0.39, 0.29) is 0 Å². The molecule has 0 fully saturated rings. The minimum atomic E-state index is -0.654. The molecule has 106 valence electrons. The Morgan fingerprint density at radius 2 is 1.71 bits per heavy atom. The monoisotopic (exact) mass is 296 g/mol. The van der Waals surface area contributed by atoms with Gasteiger partial charge in [-0.15, -0.1) is 11.8 Å². The SMILES string of the molecule is CSc1ccc(C(O)c2cnn(-c3ccccc3)c2)cc1. The molecule has 0 spiro atoms. The van der Waals surface area contributed by atoms with Crippen LogP contribution in [0.25, 0.3) is 5.69 Å². The quantitative estimate of drug-likeness (QED) is 0.746. The van der Waals surface area contributed by atoms with Gasteiger partial charge < -0.3 is 5.11 Å². The summed E-state index contributed by atoms with van der Waals surface area (Å²) in [6, 6.07) is 17.8. The van der Waals surface area contributed by atoms with Crippen molar-refractivity contribution in [2.45, 2.75) is 11.0 Å². The number of benzene rings is 2. The maximum absolute atomic E-state index is 10.5. The second-order valence-electron chi connectivity index (χ2n) is 4.73. The van der Waals surface area contributed by atoms with E-state index in [1.54, 1.807) is 22.6 Å². The zero-order valence-corrected chi connectivity index (χ0v) is 12.5. The highest BCUT2D eigenvalue weighted by atomic mass is 32.2. The van der Waals surface area contributed by atoms with Crippen LogP contribution in [0, 0.1) is 0 Å². The summed E-state index contributed by atoms with van der Waals surface area (Å²) in [5, 5.41) is 14.8. The van der Waals surface area contributed by atoms with Crippen molar-refractivity contribution in [1.29, 1.82) is 0 Å². The molecular weight excluding hydrogens is 280 g/mol. The molecule has 0 bridgehead atoms. The molecule has 3 rings (SSSR count). The average Bonchev–Trinajstić information content (AvgIpc) is 3.05. The molecule has 0 saturated carbocycles. The molecule has 1 aromatic heterocycles. The molecule has 4 heteroatoms. The van der Waals surface area contributed by atoms with Gasteiger partial charge in [-0.3, -0.25) is 0 Å².